The Morgan fingerprint density at radius 2 is 1.88 bits per heavy atom. The van der Waals surface area contributed by atoms with Crippen molar-refractivity contribution < 1.29 is 28.5 Å². The monoisotopic (exact) mass is 366 g/mol. The molecule has 0 radical (unpaired) electrons. The van der Waals surface area contributed by atoms with E-state index in [0.29, 0.717) is 36.4 Å². The Bertz CT molecular complexity index is 561. The molecule has 6 heteroatoms. The molecule has 9 unspecified atom stereocenters. The third-order valence-corrected chi connectivity index (χ3v) is 7.44. The fourth-order valence-electron chi connectivity index (χ4n) is 5.90. The van der Waals surface area contributed by atoms with Crippen LogP contribution in [0.1, 0.15) is 52.9 Å². The number of carbonyl (C=O) groups is 2. The van der Waals surface area contributed by atoms with Crippen LogP contribution in [0.15, 0.2) is 0 Å². The molecule has 26 heavy (non-hydrogen) atoms. The van der Waals surface area contributed by atoms with Crippen LogP contribution in [0.2, 0.25) is 0 Å². The number of fused-ring (bicyclic) bond motifs is 4. The lowest BCUT2D eigenvalue weighted by molar-refractivity contribution is -0.185. The van der Waals surface area contributed by atoms with Gasteiger partial charge in [0.25, 0.3) is 6.29 Å². The highest BCUT2D eigenvalue weighted by atomic mass is 16.8. The van der Waals surface area contributed by atoms with E-state index in [2.05, 4.69) is 13.8 Å². The highest BCUT2D eigenvalue weighted by molar-refractivity contribution is 5.66. The molecule has 4 aliphatic rings. The molecule has 4 fully saturated rings. The molecular formula is C20H30O6. The molecule has 0 aromatic carbocycles. The summed E-state index contributed by atoms with van der Waals surface area (Å²) in [4.78, 5) is 23.8. The molecule has 0 aromatic heterocycles. The first-order chi connectivity index (χ1) is 12.4. The Balaban J connectivity index is 1.32. The molecule has 2 saturated carbocycles. The Morgan fingerprint density at radius 3 is 2.46 bits per heavy atom. The summed E-state index contributed by atoms with van der Waals surface area (Å²) in [5.41, 5.74) is 0. The van der Waals surface area contributed by atoms with Crippen LogP contribution in [0.25, 0.3) is 0 Å². The predicted octanol–water partition coefficient (Wildman–Crippen LogP) is 3.52. The molecule has 6 nitrogen and oxygen atoms in total. The summed E-state index contributed by atoms with van der Waals surface area (Å²) in [6.07, 6.45) is 4.16. The van der Waals surface area contributed by atoms with Gasteiger partial charge in [-0.25, -0.2) is 4.79 Å². The van der Waals surface area contributed by atoms with E-state index in [9.17, 15) is 9.59 Å². The normalized spacial score (nSPS) is 44.1. The van der Waals surface area contributed by atoms with Gasteiger partial charge in [-0.15, -0.1) is 0 Å². The van der Waals surface area contributed by atoms with Crippen LogP contribution in [0.3, 0.4) is 0 Å². The van der Waals surface area contributed by atoms with Gasteiger partial charge in [-0.1, -0.05) is 13.8 Å². The Morgan fingerprint density at radius 1 is 1.08 bits per heavy atom. The number of carbonyl (C=O) groups excluding carboxylic acids is 2. The summed E-state index contributed by atoms with van der Waals surface area (Å²) in [5, 5.41) is 0. The van der Waals surface area contributed by atoms with Gasteiger partial charge in [0.15, 0.2) is 0 Å². The first-order valence-corrected chi connectivity index (χ1v) is 10.1. The van der Waals surface area contributed by atoms with Crippen LogP contribution < -0.4 is 0 Å². The van der Waals surface area contributed by atoms with Crippen molar-refractivity contribution in [2.75, 3.05) is 6.61 Å². The molecule has 146 valence electrons. The van der Waals surface area contributed by atoms with Crippen molar-refractivity contribution in [1.29, 1.82) is 0 Å². The molecule has 2 heterocycles. The number of hydrogen-bond acceptors (Lipinski definition) is 6. The van der Waals surface area contributed by atoms with E-state index in [1.807, 2.05) is 0 Å². The van der Waals surface area contributed by atoms with E-state index >= 15 is 0 Å². The quantitative estimate of drug-likeness (QED) is 0.548. The van der Waals surface area contributed by atoms with E-state index in [1.54, 1.807) is 0 Å². The fourth-order valence-corrected chi connectivity index (χ4v) is 5.90. The number of hydrogen-bond donors (Lipinski definition) is 0. The van der Waals surface area contributed by atoms with Gasteiger partial charge >= 0.3 is 12.1 Å². The molecule has 0 aromatic rings. The maximum atomic E-state index is 12.2. The highest BCUT2D eigenvalue weighted by Gasteiger charge is 2.53. The summed E-state index contributed by atoms with van der Waals surface area (Å²) in [6, 6.07) is 0. The number of esters is 1. The SMILES string of the molecule is CC(=O)OC(OC(=O)OCC1CC2CCC1O2)C1CC2CC1C(C)C2C. The van der Waals surface area contributed by atoms with Gasteiger partial charge in [-0.3, -0.25) is 4.79 Å². The van der Waals surface area contributed by atoms with Gasteiger partial charge in [-0.05, 0) is 55.8 Å². The molecule has 4 bridgehead atoms. The van der Waals surface area contributed by atoms with Crippen molar-refractivity contribution in [3.63, 3.8) is 0 Å². The molecule has 0 N–H and O–H groups in total. The molecule has 9 atom stereocenters. The van der Waals surface area contributed by atoms with E-state index in [-0.39, 0.29) is 17.9 Å². The van der Waals surface area contributed by atoms with Gasteiger partial charge in [0, 0.05) is 18.8 Å². The summed E-state index contributed by atoms with van der Waals surface area (Å²) in [5.74, 6) is 2.22. The number of ether oxygens (including phenoxy) is 4. The minimum Gasteiger partial charge on any atom is -0.434 e. The summed E-state index contributed by atoms with van der Waals surface area (Å²) < 4.78 is 22.0. The standard InChI is InChI=1S/C20H30O6/c1-10-11(2)16-7-13(10)8-17(16)19(24-12(3)21)26-20(22)23-9-14-6-15-4-5-18(14)25-15/h10-11,13-19H,4-9H2,1-3H3. The third-order valence-electron chi connectivity index (χ3n) is 7.44. The van der Waals surface area contributed by atoms with E-state index in [0.717, 1.165) is 32.1 Å². The van der Waals surface area contributed by atoms with Crippen LogP contribution in [0.5, 0.6) is 0 Å². The van der Waals surface area contributed by atoms with Crippen molar-refractivity contribution >= 4 is 12.1 Å². The summed E-state index contributed by atoms with van der Waals surface area (Å²) >= 11 is 0. The van der Waals surface area contributed by atoms with E-state index in [4.69, 9.17) is 18.9 Å². The maximum absolute atomic E-state index is 12.2. The lowest BCUT2D eigenvalue weighted by Crippen LogP contribution is -2.38. The predicted molar refractivity (Wildman–Crippen MR) is 92.0 cm³/mol. The zero-order valence-corrected chi connectivity index (χ0v) is 15.9. The van der Waals surface area contributed by atoms with Crippen molar-refractivity contribution in [2.24, 2.45) is 35.5 Å². The second-order valence-electron chi connectivity index (χ2n) is 8.80. The van der Waals surface area contributed by atoms with Gasteiger partial charge < -0.3 is 18.9 Å². The average molecular weight is 366 g/mol. The summed E-state index contributed by atoms with van der Waals surface area (Å²) in [7, 11) is 0. The lowest BCUT2D eigenvalue weighted by atomic mass is 9.75. The van der Waals surface area contributed by atoms with Gasteiger partial charge in [0.05, 0.1) is 12.2 Å². The van der Waals surface area contributed by atoms with Crippen molar-refractivity contribution in [2.45, 2.75) is 71.4 Å². The zero-order chi connectivity index (χ0) is 18.4. The van der Waals surface area contributed by atoms with Crippen LogP contribution in [0.4, 0.5) is 4.79 Å². The molecular weight excluding hydrogens is 336 g/mol. The third kappa shape index (κ3) is 3.32. The molecule has 0 amide bonds. The zero-order valence-electron chi connectivity index (χ0n) is 15.9. The smallest absolute Gasteiger partial charge is 0.434 e. The second kappa shape index (κ2) is 7.02. The molecule has 2 saturated heterocycles. The highest BCUT2D eigenvalue weighted by Crippen LogP contribution is 2.56. The molecule has 2 aliphatic heterocycles. The van der Waals surface area contributed by atoms with Crippen LogP contribution in [-0.2, 0) is 23.7 Å². The van der Waals surface area contributed by atoms with Crippen molar-refractivity contribution in [3.8, 4) is 0 Å². The van der Waals surface area contributed by atoms with E-state index in [1.165, 1.54) is 6.92 Å². The van der Waals surface area contributed by atoms with Crippen LogP contribution in [0, 0.1) is 35.5 Å². The van der Waals surface area contributed by atoms with Gasteiger partial charge in [-0.2, -0.15) is 0 Å². The number of rotatable bonds is 5. The topological polar surface area (TPSA) is 71.1 Å². The lowest BCUT2D eigenvalue weighted by Gasteiger charge is -2.35. The first-order valence-electron chi connectivity index (χ1n) is 10.1. The largest absolute Gasteiger partial charge is 0.511 e. The minimum absolute atomic E-state index is 0.0773. The Labute approximate surface area is 154 Å². The summed E-state index contributed by atoms with van der Waals surface area (Å²) in [6.45, 7) is 6.21. The van der Waals surface area contributed by atoms with Crippen molar-refractivity contribution in [3.05, 3.63) is 0 Å². The van der Waals surface area contributed by atoms with Crippen LogP contribution in [-0.4, -0.2) is 37.2 Å². The second-order valence-corrected chi connectivity index (χ2v) is 8.80. The maximum Gasteiger partial charge on any atom is 0.511 e. The van der Waals surface area contributed by atoms with Gasteiger partial charge in [0.1, 0.15) is 6.61 Å². The Hall–Kier alpha value is -1.30. The first kappa shape index (κ1) is 18.1. The minimum atomic E-state index is -0.832. The van der Waals surface area contributed by atoms with Crippen molar-refractivity contribution in [1.82, 2.24) is 0 Å². The van der Waals surface area contributed by atoms with Crippen LogP contribution >= 0.6 is 0 Å². The molecule has 4 rings (SSSR count). The fraction of sp³-hybridized carbons (Fsp3) is 0.900. The Kier molecular flexibility index (Phi) is 4.88. The molecule has 0 spiro atoms. The average Bonchev–Trinajstić information content (AvgIpc) is 3.35. The van der Waals surface area contributed by atoms with Gasteiger partial charge in [0.2, 0.25) is 0 Å². The molecule has 2 aliphatic carbocycles. The van der Waals surface area contributed by atoms with E-state index < -0.39 is 18.4 Å².